The van der Waals surface area contributed by atoms with Gasteiger partial charge in [-0.2, -0.15) is 0 Å². The summed E-state index contributed by atoms with van der Waals surface area (Å²) in [6, 6.07) is 5.27. The van der Waals surface area contributed by atoms with Gasteiger partial charge >= 0.3 is 0 Å². The summed E-state index contributed by atoms with van der Waals surface area (Å²) in [6.45, 7) is 2.32. The number of fused-ring (bicyclic) bond motifs is 1. The lowest BCUT2D eigenvalue weighted by Crippen LogP contribution is -2.35. The van der Waals surface area contributed by atoms with Crippen LogP contribution in [0.4, 0.5) is 0 Å². The fourth-order valence-electron chi connectivity index (χ4n) is 2.14. The van der Waals surface area contributed by atoms with Gasteiger partial charge in [0.2, 0.25) is 0 Å². The van der Waals surface area contributed by atoms with Gasteiger partial charge in [0.15, 0.2) is 0 Å². The van der Waals surface area contributed by atoms with Crippen LogP contribution in [0.25, 0.3) is 11.0 Å². The van der Waals surface area contributed by atoms with Crippen LogP contribution in [0.2, 0.25) is 0 Å². The van der Waals surface area contributed by atoms with Crippen molar-refractivity contribution in [3.8, 4) is 0 Å². The highest BCUT2D eigenvalue weighted by molar-refractivity contribution is 5.75. The molecular formula is C12H14N2O3. The van der Waals surface area contributed by atoms with Gasteiger partial charge in [0.1, 0.15) is 0 Å². The van der Waals surface area contributed by atoms with Crippen LogP contribution < -0.4 is 5.56 Å². The number of hydrogen-bond acceptors (Lipinski definition) is 3. The highest BCUT2D eigenvalue weighted by atomic mass is 16.6. The molecule has 90 valence electrons. The summed E-state index contributed by atoms with van der Waals surface area (Å²) in [4.78, 5) is 15.0. The molecule has 0 saturated carbocycles. The highest BCUT2D eigenvalue weighted by Gasteiger charge is 2.16. The minimum Gasteiger partial charge on any atom is -0.376 e. The van der Waals surface area contributed by atoms with Gasteiger partial charge in [-0.25, -0.2) is 0 Å². The zero-order valence-electron chi connectivity index (χ0n) is 9.39. The molecule has 1 atom stereocenters. The molecule has 1 saturated heterocycles. The molecule has 3 rings (SSSR count). The number of nitrogens with one attached hydrogen (secondary N) is 1. The number of pyridine rings is 1. The first-order chi connectivity index (χ1) is 8.34. The second-order valence-electron chi connectivity index (χ2n) is 4.13. The smallest absolute Gasteiger partial charge is 0.251 e. The average Bonchev–Trinajstić information content (AvgIpc) is 2.83. The normalized spacial score (nSPS) is 20.8. The van der Waals surface area contributed by atoms with Gasteiger partial charge in [0, 0.05) is 12.3 Å². The van der Waals surface area contributed by atoms with Gasteiger partial charge < -0.3 is 19.0 Å². The third kappa shape index (κ3) is 1.99. The molecule has 2 aromatic rings. The molecule has 0 bridgehead atoms. The maximum Gasteiger partial charge on any atom is 0.251 e. The largest absolute Gasteiger partial charge is 0.376 e. The van der Waals surface area contributed by atoms with E-state index in [4.69, 9.17) is 9.47 Å². The first-order valence-electron chi connectivity index (χ1n) is 5.71. The number of rotatable bonds is 2. The van der Waals surface area contributed by atoms with E-state index >= 15 is 0 Å². The standard InChI is InChI=1S/C12H14N2O3/c15-12-2-1-10-11(3-4-13-10)14(12)7-9-8-16-5-6-17-9/h1-4,9,13H,5-8H2/t9-/m0/s1. The van der Waals surface area contributed by atoms with E-state index in [9.17, 15) is 4.79 Å². The number of aromatic amines is 1. The Kier molecular flexibility index (Phi) is 2.70. The predicted molar refractivity (Wildman–Crippen MR) is 63.1 cm³/mol. The zero-order chi connectivity index (χ0) is 11.7. The minimum absolute atomic E-state index is 0.00808. The maximum absolute atomic E-state index is 11.9. The van der Waals surface area contributed by atoms with E-state index in [2.05, 4.69) is 4.98 Å². The van der Waals surface area contributed by atoms with Crippen LogP contribution >= 0.6 is 0 Å². The fraction of sp³-hybridized carbons (Fsp3) is 0.417. The van der Waals surface area contributed by atoms with Gasteiger partial charge in [-0.15, -0.1) is 0 Å². The number of hydrogen-bond donors (Lipinski definition) is 1. The van der Waals surface area contributed by atoms with E-state index in [1.807, 2.05) is 12.3 Å². The summed E-state index contributed by atoms with van der Waals surface area (Å²) in [6.07, 6.45) is 1.79. The van der Waals surface area contributed by atoms with Crippen molar-refractivity contribution in [2.24, 2.45) is 0 Å². The molecule has 1 N–H and O–H groups in total. The molecule has 3 heterocycles. The van der Waals surface area contributed by atoms with Crippen LogP contribution in [0, 0.1) is 0 Å². The third-order valence-electron chi connectivity index (χ3n) is 2.98. The van der Waals surface area contributed by atoms with Crippen LogP contribution in [0.15, 0.2) is 29.2 Å². The first kappa shape index (κ1) is 10.6. The molecule has 0 aliphatic carbocycles. The molecule has 5 nitrogen and oxygen atoms in total. The molecule has 1 aliphatic rings. The van der Waals surface area contributed by atoms with E-state index in [0.29, 0.717) is 26.4 Å². The Morgan fingerprint density at radius 3 is 3.12 bits per heavy atom. The Labute approximate surface area is 98.0 Å². The van der Waals surface area contributed by atoms with Crippen molar-refractivity contribution in [2.75, 3.05) is 19.8 Å². The van der Waals surface area contributed by atoms with E-state index < -0.39 is 0 Å². The van der Waals surface area contributed by atoms with E-state index in [-0.39, 0.29) is 11.7 Å². The van der Waals surface area contributed by atoms with Crippen molar-refractivity contribution < 1.29 is 9.47 Å². The zero-order valence-corrected chi connectivity index (χ0v) is 9.39. The highest BCUT2D eigenvalue weighted by Crippen LogP contribution is 2.11. The Morgan fingerprint density at radius 2 is 2.29 bits per heavy atom. The van der Waals surface area contributed by atoms with Crippen molar-refractivity contribution in [1.29, 1.82) is 0 Å². The molecule has 1 aliphatic heterocycles. The van der Waals surface area contributed by atoms with E-state index in [1.54, 1.807) is 16.7 Å². The second kappa shape index (κ2) is 4.35. The van der Waals surface area contributed by atoms with E-state index in [1.165, 1.54) is 0 Å². The summed E-state index contributed by atoms with van der Waals surface area (Å²) in [5, 5.41) is 0. The number of ether oxygens (including phenoxy) is 2. The lowest BCUT2D eigenvalue weighted by Gasteiger charge is -2.23. The summed E-state index contributed by atoms with van der Waals surface area (Å²) in [7, 11) is 0. The topological polar surface area (TPSA) is 56.2 Å². The molecule has 0 radical (unpaired) electrons. The molecule has 1 fully saturated rings. The maximum atomic E-state index is 11.9. The van der Waals surface area contributed by atoms with Gasteiger partial charge in [-0.05, 0) is 12.1 Å². The van der Waals surface area contributed by atoms with Crippen LogP contribution in [-0.2, 0) is 16.0 Å². The molecule has 0 spiro atoms. The molecule has 17 heavy (non-hydrogen) atoms. The lowest BCUT2D eigenvalue weighted by atomic mass is 10.3. The number of aromatic nitrogens is 2. The molecule has 0 aromatic carbocycles. The van der Waals surface area contributed by atoms with E-state index in [0.717, 1.165) is 11.0 Å². The van der Waals surface area contributed by atoms with Crippen molar-refractivity contribution in [2.45, 2.75) is 12.6 Å². The molecule has 0 amide bonds. The van der Waals surface area contributed by atoms with Gasteiger partial charge in [0.05, 0.1) is 43.5 Å². The summed E-state index contributed by atoms with van der Waals surface area (Å²) >= 11 is 0. The van der Waals surface area contributed by atoms with Crippen LogP contribution in [0.3, 0.4) is 0 Å². The van der Waals surface area contributed by atoms with Crippen molar-refractivity contribution >= 4 is 11.0 Å². The monoisotopic (exact) mass is 234 g/mol. The lowest BCUT2D eigenvalue weighted by molar-refractivity contribution is -0.0934. The first-order valence-corrected chi connectivity index (χ1v) is 5.71. The van der Waals surface area contributed by atoms with Gasteiger partial charge in [-0.3, -0.25) is 4.79 Å². The Hall–Kier alpha value is -1.59. The van der Waals surface area contributed by atoms with Crippen molar-refractivity contribution in [3.05, 3.63) is 34.7 Å². The Bertz CT molecular complexity index is 566. The Morgan fingerprint density at radius 1 is 1.35 bits per heavy atom. The SMILES string of the molecule is O=c1ccc2[nH]ccc2n1C[C@H]1COCCO1. The predicted octanol–water partition coefficient (Wildman–Crippen LogP) is 0.745. The van der Waals surface area contributed by atoms with Crippen LogP contribution in [0.1, 0.15) is 0 Å². The van der Waals surface area contributed by atoms with Crippen LogP contribution in [0.5, 0.6) is 0 Å². The molecular weight excluding hydrogens is 220 g/mol. The summed E-state index contributed by atoms with van der Waals surface area (Å²) in [5.41, 5.74) is 1.86. The molecule has 2 aromatic heterocycles. The average molecular weight is 234 g/mol. The van der Waals surface area contributed by atoms with Gasteiger partial charge in [0.25, 0.3) is 5.56 Å². The van der Waals surface area contributed by atoms with Gasteiger partial charge in [-0.1, -0.05) is 0 Å². The third-order valence-corrected chi connectivity index (χ3v) is 2.98. The summed E-state index contributed by atoms with van der Waals surface area (Å²) in [5.74, 6) is 0. The minimum atomic E-state index is -0.0399. The number of H-pyrrole nitrogens is 1. The second-order valence-corrected chi connectivity index (χ2v) is 4.13. The van der Waals surface area contributed by atoms with Crippen molar-refractivity contribution in [1.82, 2.24) is 9.55 Å². The fourth-order valence-corrected chi connectivity index (χ4v) is 2.14. The Balaban J connectivity index is 1.95. The van der Waals surface area contributed by atoms with Crippen molar-refractivity contribution in [3.63, 3.8) is 0 Å². The number of nitrogens with zero attached hydrogens (tertiary/aromatic N) is 1. The molecule has 0 unspecified atom stereocenters. The summed E-state index contributed by atoms with van der Waals surface area (Å²) < 4.78 is 12.6. The van der Waals surface area contributed by atoms with Crippen LogP contribution in [-0.4, -0.2) is 35.5 Å². The quantitative estimate of drug-likeness (QED) is 0.834. The molecule has 5 heteroatoms.